The fourth-order valence-electron chi connectivity index (χ4n) is 3.35. The Balaban J connectivity index is 2.26. The number of nitriles is 1. The minimum atomic E-state index is -0.480. The zero-order valence-electron chi connectivity index (χ0n) is 9.80. The Labute approximate surface area is 91.4 Å². The molecule has 0 N–H and O–H groups in total. The summed E-state index contributed by atoms with van der Waals surface area (Å²) in [7, 11) is 0. The van der Waals surface area contributed by atoms with Gasteiger partial charge in [0.15, 0.2) is 5.79 Å². The van der Waals surface area contributed by atoms with E-state index in [2.05, 4.69) is 19.9 Å². The maximum Gasteiger partial charge on any atom is 0.170 e. The van der Waals surface area contributed by atoms with Gasteiger partial charge in [0.25, 0.3) is 0 Å². The van der Waals surface area contributed by atoms with Crippen LogP contribution in [0.3, 0.4) is 0 Å². The van der Waals surface area contributed by atoms with E-state index in [0.717, 1.165) is 12.8 Å². The van der Waals surface area contributed by atoms with E-state index in [1.54, 1.807) is 0 Å². The second-order valence-electron chi connectivity index (χ2n) is 5.97. The number of ether oxygens (including phenoxy) is 2. The van der Waals surface area contributed by atoms with E-state index >= 15 is 0 Å². The summed E-state index contributed by atoms with van der Waals surface area (Å²) in [6.07, 6.45) is 2.53. The summed E-state index contributed by atoms with van der Waals surface area (Å²) in [5, 5.41) is 9.27. The summed E-state index contributed by atoms with van der Waals surface area (Å²) in [6.45, 7) is 7.72. The molecule has 2 fully saturated rings. The molecule has 3 nitrogen and oxygen atoms in total. The van der Waals surface area contributed by atoms with Gasteiger partial charge in [0, 0.05) is 12.8 Å². The Hall–Kier alpha value is -0.590. The first-order valence-corrected chi connectivity index (χ1v) is 5.58. The molecule has 0 aromatic heterocycles. The molecule has 1 saturated carbocycles. The highest BCUT2D eigenvalue weighted by atomic mass is 16.7. The van der Waals surface area contributed by atoms with Crippen molar-refractivity contribution in [3.05, 3.63) is 0 Å². The summed E-state index contributed by atoms with van der Waals surface area (Å²) in [6, 6.07) is 2.43. The summed E-state index contributed by atoms with van der Waals surface area (Å²) < 4.78 is 11.5. The third-order valence-electron chi connectivity index (χ3n) is 3.36. The topological polar surface area (TPSA) is 42.2 Å². The zero-order chi connectivity index (χ0) is 11.2. The number of hydrogen-bond acceptors (Lipinski definition) is 3. The number of rotatable bonds is 0. The van der Waals surface area contributed by atoms with Crippen molar-refractivity contribution >= 4 is 0 Å². The van der Waals surface area contributed by atoms with E-state index in [9.17, 15) is 5.26 Å². The number of nitrogens with zero attached hydrogens (tertiary/aromatic N) is 1. The van der Waals surface area contributed by atoms with E-state index in [-0.39, 0.29) is 10.8 Å². The highest BCUT2D eigenvalue weighted by molar-refractivity contribution is 5.07. The standard InChI is InChI=1S/C12H19NO2/c1-10(2)6-11(3,9-13)8-12(7-10)14-4-5-15-12/h4-8H2,1-3H3. The maximum absolute atomic E-state index is 9.27. The SMILES string of the molecule is CC1(C)CC(C)(C#N)CC2(C1)OCCO2. The van der Waals surface area contributed by atoms with Crippen molar-refractivity contribution in [2.45, 2.75) is 45.8 Å². The molecule has 15 heavy (non-hydrogen) atoms. The van der Waals surface area contributed by atoms with Gasteiger partial charge in [-0.25, -0.2) is 0 Å². The van der Waals surface area contributed by atoms with Crippen LogP contribution in [0, 0.1) is 22.2 Å². The largest absolute Gasteiger partial charge is 0.347 e. The third-order valence-corrected chi connectivity index (χ3v) is 3.36. The Bertz CT molecular complexity index is 299. The summed E-state index contributed by atoms with van der Waals surface area (Å²) in [4.78, 5) is 0. The van der Waals surface area contributed by atoms with Crippen molar-refractivity contribution in [3.63, 3.8) is 0 Å². The monoisotopic (exact) mass is 209 g/mol. The van der Waals surface area contributed by atoms with Crippen LogP contribution in [0.15, 0.2) is 0 Å². The van der Waals surface area contributed by atoms with Crippen LogP contribution in [0.1, 0.15) is 40.0 Å². The predicted molar refractivity (Wildman–Crippen MR) is 56.0 cm³/mol. The van der Waals surface area contributed by atoms with Gasteiger partial charge in [0.05, 0.1) is 24.7 Å². The summed E-state index contributed by atoms with van der Waals surface area (Å²) in [5.74, 6) is -0.480. The lowest BCUT2D eigenvalue weighted by Crippen LogP contribution is -2.47. The molecule has 84 valence electrons. The molecule has 3 heteroatoms. The minimum absolute atomic E-state index is 0.118. The molecule has 1 heterocycles. The molecule has 0 aromatic carbocycles. The van der Waals surface area contributed by atoms with Crippen LogP contribution in [0.2, 0.25) is 0 Å². The molecular formula is C12H19NO2. The molecule has 1 saturated heterocycles. The zero-order valence-corrected chi connectivity index (χ0v) is 9.80. The van der Waals surface area contributed by atoms with Crippen molar-refractivity contribution < 1.29 is 9.47 Å². The summed E-state index contributed by atoms with van der Waals surface area (Å²) in [5.41, 5.74) is -0.195. The van der Waals surface area contributed by atoms with Crippen molar-refractivity contribution in [2.24, 2.45) is 10.8 Å². The highest BCUT2D eigenvalue weighted by Crippen LogP contribution is 2.52. The van der Waals surface area contributed by atoms with Crippen LogP contribution in [0.25, 0.3) is 0 Å². The van der Waals surface area contributed by atoms with Gasteiger partial charge in [0.1, 0.15) is 0 Å². The Kier molecular flexibility index (Phi) is 2.33. The number of hydrogen-bond donors (Lipinski definition) is 0. The molecule has 0 bridgehead atoms. The van der Waals surface area contributed by atoms with Crippen LogP contribution < -0.4 is 0 Å². The van der Waals surface area contributed by atoms with Crippen molar-refractivity contribution in [1.82, 2.24) is 0 Å². The fourth-order valence-corrected chi connectivity index (χ4v) is 3.35. The lowest BCUT2D eigenvalue weighted by Gasteiger charge is -2.47. The molecule has 1 unspecified atom stereocenters. The first-order valence-electron chi connectivity index (χ1n) is 5.58. The van der Waals surface area contributed by atoms with Crippen LogP contribution >= 0.6 is 0 Å². The van der Waals surface area contributed by atoms with E-state index in [4.69, 9.17) is 9.47 Å². The van der Waals surface area contributed by atoms with Gasteiger partial charge in [-0.1, -0.05) is 13.8 Å². The second kappa shape index (κ2) is 3.20. The van der Waals surface area contributed by atoms with Gasteiger partial charge < -0.3 is 9.47 Å². The van der Waals surface area contributed by atoms with Crippen molar-refractivity contribution in [2.75, 3.05) is 13.2 Å². The highest BCUT2D eigenvalue weighted by Gasteiger charge is 2.52. The van der Waals surface area contributed by atoms with Gasteiger partial charge in [-0.2, -0.15) is 5.26 Å². The van der Waals surface area contributed by atoms with Gasteiger partial charge >= 0.3 is 0 Å². The Morgan fingerprint density at radius 1 is 1.00 bits per heavy atom. The van der Waals surface area contributed by atoms with Gasteiger partial charge in [-0.05, 0) is 18.8 Å². The van der Waals surface area contributed by atoms with Crippen LogP contribution in [-0.4, -0.2) is 19.0 Å². The Morgan fingerprint density at radius 2 is 1.60 bits per heavy atom. The van der Waals surface area contributed by atoms with Gasteiger partial charge in [0.2, 0.25) is 0 Å². The van der Waals surface area contributed by atoms with Gasteiger partial charge in [-0.3, -0.25) is 0 Å². The van der Waals surface area contributed by atoms with Crippen molar-refractivity contribution in [3.8, 4) is 6.07 Å². The first-order chi connectivity index (χ1) is 6.89. The minimum Gasteiger partial charge on any atom is -0.347 e. The normalized spacial score (nSPS) is 37.7. The molecule has 1 aliphatic carbocycles. The molecule has 1 spiro atoms. The average Bonchev–Trinajstić information content (AvgIpc) is 2.49. The van der Waals surface area contributed by atoms with Crippen LogP contribution in [0.5, 0.6) is 0 Å². The molecule has 0 amide bonds. The molecule has 1 aliphatic heterocycles. The molecule has 2 aliphatic rings. The van der Waals surface area contributed by atoms with E-state index in [1.807, 2.05) is 6.92 Å². The van der Waals surface area contributed by atoms with E-state index < -0.39 is 5.79 Å². The van der Waals surface area contributed by atoms with Crippen LogP contribution in [0.4, 0.5) is 0 Å². The quantitative estimate of drug-likeness (QED) is 0.615. The lowest BCUT2D eigenvalue weighted by atomic mass is 9.62. The smallest absolute Gasteiger partial charge is 0.170 e. The second-order valence-corrected chi connectivity index (χ2v) is 5.97. The predicted octanol–water partition coefficient (Wildman–Crippen LogP) is 2.47. The molecule has 1 atom stereocenters. The van der Waals surface area contributed by atoms with Crippen molar-refractivity contribution in [1.29, 1.82) is 5.26 Å². The lowest BCUT2D eigenvalue weighted by molar-refractivity contribution is -0.216. The third kappa shape index (κ3) is 2.02. The van der Waals surface area contributed by atoms with E-state index in [1.165, 1.54) is 0 Å². The van der Waals surface area contributed by atoms with Crippen LogP contribution in [-0.2, 0) is 9.47 Å². The van der Waals surface area contributed by atoms with E-state index in [0.29, 0.717) is 19.6 Å². The Morgan fingerprint density at radius 3 is 2.13 bits per heavy atom. The average molecular weight is 209 g/mol. The maximum atomic E-state index is 9.27. The van der Waals surface area contributed by atoms with Gasteiger partial charge in [-0.15, -0.1) is 0 Å². The summed E-state index contributed by atoms with van der Waals surface area (Å²) >= 11 is 0. The fraction of sp³-hybridized carbons (Fsp3) is 0.917. The molecular weight excluding hydrogens is 190 g/mol. The molecule has 0 radical (unpaired) electrons. The first kappa shape index (κ1) is 10.9. The molecule has 2 rings (SSSR count). The molecule has 0 aromatic rings.